The molecule has 13 rings (SSSR count). The van der Waals surface area contributed by atoms with Crippen LogP contribution >= 0.6 is 0 Å². The van der Waals surface area contributed by atoms with Gasteiger partial charge in [0.25, 0.3) is 0 Å². The number of nitrogens with zero attached hydrogens (tertiary/aromatic N) is 4. The average molecular weight is 975 g/mol. The Morgan fingerprint density at radius 3 is 0.882 bits per heavy atom. The third-order valence-corrected chi connectivity index (χ3v) is 14.9. The van der Waals surface area contributed by atoms with Crippen molar-refractivity contribution in [3.8, 4) is 22.5 Å². The number of aryl methyl sites for hydroxylation is 2. The summed E-state index contributed by atoms with van der Waals surface area (Å²) in [7, 11) is 4.33. The van der Waals surface area contributed by atoms with E-state index >= 15 is 0 Å². The SMILES string of the molecule is Cn1c(-c2ccccc2)c(C=Cc2ccc(N(c3ccccc3)c3c4ccccc4c(N(c4ccccc4)c4ccc(C=Cc5c(-c6ccccc6)n(C)c6ccccc56)cc4)c4ccccc34)cc2)c2ccccc21. The van der Waals surface area contributed by atoms with Gasteiger partial charge in [-0.1, -0.05) is 231 Å². The molecule has 0 spiro atoms. The molecule has 362 valence electrons. The van der Waals surface area contributed by atoms with Crippen molar-refractivity contribution < 1.29 is 0 Å². The molecule has 0 aliphatic rings. The number of rotatable bonds is 12. The lowest BCUT2D eigenvalue weighted by Crippen LogP contribution is -2.14. The maximum absolute atomic E-state index is 2.44. The van der Waals surface area contributed by atoms with Gasteiger partial charge in [-0.05, 0) is 82.9 Å². The maximum atomic E-state index is 2.44. The van der Waals surface area contributed by atoms with Crippen LogP contribution in [-0.4, -0.2) is 9.13 Å². The normalized spacial score (nSPS) is 11.7. The number of benzene rings is 11. The summed E-state index contributed by atoms with van der Waals surface area (Å²) in [5.41, 5.74) is 18.5. The summed E-state index contributed by atoms with van der Waals surface area (Å²) in [6.07, 6.45) is 9.06. The van der Waals surface area contributed by atoms with E-state index in [1.54, 1.807) is 0 Å². The van der Waals surface area contributed by atoms with Gasteiger partial charge in [-0.25, -0.2) is 0 Å². The Labute approximate surface area is 444 Å². The van der Waals surface area contributed by atoms with E-state index in [4.69, 9.17) is 0 Å². The van der Waals surface area contributed by atoms with E-state index in [-0.39, 0.29) is 0 Å². The molecule has 0 bridgehead atoms. The molecule has 0 atom stereocenters. The first-order valence-corrected chi connectivity index (χ1v) is 26.0. The van der Waals surface area contributed by atoms with Gasteiger partial charge < -0.3 is 18.9 Å². The maximum Gasteiger partial charge on any atom is 0.0619 e. The zero-order chi connectivity index (χ0) is 51.0. The van der Waals surface area contributed by atoms with Gasteiger partial charge in [-0.15, -0.1) is 0 Å². The molecular weight excluding hydrogens is 921 g/mol. The van der Waals surface area contributed by atoms with Crippen molar-refractivity contribution in [1.29, 1.82) is 0 Å². The summed E-state index contributed by atoms with van der Waals surface area (Å²) >= 11 is 0. The summed E-state index contributed by atoms with van der Waals surface area (Å²) < 4.78 is 4.63. The lowest BCUT2D eigenvalue weighted by Gasteiger charge is -2.33. The Balaban J connectivity index is 0.916. The fourth-order valence-electron chi connectivity index (χ4n) is 11.4. The molecule has 4 nitrogen and oxygen atoms in total. The second-order valence-electron chi connectivity index (χ2n) is 19.4. The van der Waals surface area contributed by atoms with Crippen LogP contribution in [0, 0.1) is 0 Å². The Kier molecular flexibility index (Phi) is 12.0. The quantitative estimate of drug-likeness (QED) is 0.0896. The average Bonchev–Trinajstić information content (AvgIpc) is 3.94. The lowest BCUT2D eigenvalue weighted by molar-refractivity contribution is 0.977. The standard InChI is InChI=1S/C72H54N4/c1-73-67-37-21-19-31-59(67)65(69(73)53-23-7-3-8-24-53)49-43-51-39-45-57(46-40-51)75(55-27-11-5-12-28-55)71-61-33-15-17-35-63(61)72(64-36-18-16-34-62(64)71)76(56-29-13-6-14-30-56)58-47-41-52(42-48-58)44-50-66-60-32-20-22-38-68(60)74(2)70(66)54-25-9-4-10-26-54/h3-50H,1-2H3. The molecule has 0 unspecified atom stereocenters. The minimum Gasteiger partial charge on any atom is -0.343 e. The predicted octanol–water partition coefficient (Wildman–Crippen LogP) is 19.6. The van der Waals surface area contributed by atoms with Crippen LogP contribution in [0.5, 0.6) is 0 Å². The van der Waals surface area contributed by atoms with E-state index in [2.05, 4.69) is 324 Å². The van der Waals surface area contributed by atoms with Crippen LogP contribution in [0.4, 0.5) is 34.1 Å². The van der Waals surface area contributed by atoms with Crippen molar-refractivity contribution in [2.24, 2.45) is 14.1 Å². The fourth-order valence-corrected chi connectivity index (χ4v) is 11.4. The molecule has 0 aliphatic carbocycles. The molecule has 2 aromatic heterocycles. The van der Waals surface area contributed by atoms with Crippen molar-refractivity contribution in [1.82, 2.24) is 9.13 Å². The largest absolute Gasteiger partial charge is 0.343 e. The van der Waals surface area contributed by atoms with E-state index in [0.717, 1.165) is 66.8 Å². The summed E-state index contributed by atoms with van der Waals surface area (Å²) in [6, 6.07) is 96.2. The van der Waals surface area contributed by atoms with E-state index in [1.165, 1.54) is 55.4 Å². The molecule has 11 aromatic carbocycles. The highest BCUT2D eigenvalue weighted by Gasteiger charge is 2.26. The zero-order valence-corrected chi connectivity index (χ0v) is 42.5. The minimum absolute atomic E-state index is 1.07. The van der Waals surface area contributed by atoms with Crippen molar-refractivity contribution in [3.05, 3.63) is 289 Å². The second kappa shape index (κ2) is 19.8. The van der Waals surface area contributed by atoms with Gasteiger partial charge in [0.2, 0.25) is 0 Å². The molecule has 0 N–H and O–H groups in total. The Morgan fingerprint density at radius 1 is 0.263 bits per heavy atom. The number of fused-ring (bicyclic) bond motifs is 4. The highest BCUT2D eigenvalue weighted by molar-refractivity contribution is 6.23. The lowest BCUT2D eigenvalue weighted by atomic mass is 9.95. The van der Waals surface area contributed by atoms with E-state index in [9.17, 15) is 0 Å². The number of hydrogen-bond acceptors (Lipinski definition) is 2. The van der Waals surface area contributed by atoms with Crippen molar-refractivity contribution in [3.63, 3.8) is 0 Å². The van der Waals surface area contributed by atoms with Gasteiger partial charge in [-0.2, -0.15) is 0 Å². The van der Waals surface area contributed by atoms with Crippen LogP contribution in [0.3, 0.4) is 0 Å². The predicted molar refractivity (Wildman–Crippen MR) is 325 cm³/mol. The molecule has 0 amide bonds. The third-order valence-electron chi connectivity index (χ3n) is 14.9. The molecule has 0 saturated carbocycles. The van der Waals surface area contributed by atoms with Crippen LogP contribution in [-0.2, 0) is 14.1 Å². The Morgan fingerprint density at radius 2 is 0.539 bits per heavy atom. The fraction of sp³-hybridized carbons (Fsp3) is 0.0278. The number of anilines is 6. The molecule has 0 aliphatic heterocycles. The Hall–Kier alpha value is -9.90. The van der Waals surface area contributed by atoms with Gasteiger partial charge in [0, 0.05) is 91.3 Å². The summed E-state index contributed by atoms with van der Waals surface area (Å²) in [6.45, 7) is 0. The molecule has 76 heavy (non-hydrogen) atoms. The first-order valence-electron chi connectivity index (χ1n) is 26.0. The topological polar surface area (TPSA) is 16.3 Å². The highest BCUT2D eigenvalue weighted by atomic mass is 15.2. The molecule has 0 saturated heterocycles. The van der Waals surface area contributed by atoms with Crippen LogP contribution in [0.2, 0.25) is 0 Å². The highest BCUT2D eigenvalue weighted by Crippen LogP contribution is 2.51. The molecule has 0 fully saturated rings. The monoisotopic (exact) mass is 974 g/mol. The molecule has 0 radical (unpaired) electrons. The van der Waals surface area contributed by atoms with Crippen molar-refractivity contribution in [2.45, 2.75) is 0 Å². The van der Waals surface area contributed by atoms with Crippen LogP contribution in [0.15, 0.2) is 267 Å². The van der Waals surface area contributed by atoms with Crippen molar-refractivity contribution >= 4 is 102 Å². The smallest absolute Gasteiger partial charge is 0.0619 e. The summed E-state index contributed by atoms with van der Waals surface area (Å²) in [5.74, 6) is 0. The van der Waals surface area contributed by atoms with Crippen LogP contribution in [0.1, 0.15) is 22.3 Å². The first kappa shape index (κ1) is 45.9. The van der Waals surface area contributed by atoms with Crippen LogP contribution in [0.25, 0.3) is 90.2 Å². The van der Waals surface area contributed by atoms with Crippen LogP contribution < -0.4 is 9.80 Å². The van der Waals surface area contributed by atoms with E-state index in [1.807, 2.05) is 0 Å². The minimum atomic E-state index is 1.07. The van der Waals surface area contributed by atoms with Gasteiger partial charge in [0.15, 0.2) is 0 Å². The third kappa shape index (κ3) is 8.23. The van der Waals surface area contributed by atoms with Crippen molar-refractivity contribution in [2.75, 3.05) is 9.80 Å². The summed E-state index contributed by atoms with van der Waals surface area (Å²) in [5, 5.41) is 7.08. The zero-order valence-electron chi connectivity index (χ0n) is 42.5. The second-order valence-corrected chi connectivity index (χ2v) is 19.4. The van der Waals surface area contributed by atoms with E-state index < -0.39 is 0 Å². The number of aromatic nitrogens is 2. The van der Waals surface area contributed by atoms with E-state index in [0.29, 0.717) is 0 Å². The molecule has 13 aromatic rings. The number of hydrogen-bond donors (Lipinski definition) is 0. The molecule has 4 heteroatoms. The first-order chi connectivity index (χ1) is 37.6. The molecular formula is C72H54N4. The number of para-hydroxylation sites is 4. The van der Waals surface area contributed by atoms with Gasteiger partial charge >= 0.3 is 0 Å². The summed E-state index contributed by atoms with van der Waals surface area (Å²) in [4.78, 5) is 4.88. The Bertz CT molecular complexity index is 3930. The molecule has 2 heterocycles. The van der Waals surface area contributed by atoms with Gasteiger partial charge in [-0.3, -0.25) is 0 Å². The van der Waals surface area contributed by atoms with Gasteiger partial charge in [0.05, 0.1) is 22.8 Å². The van der Waals surface area contributed by atoms with Gasteiger partial charge in [0.1, 0.15) is 0 Å².